The van der Waals surface area contributed by atoms with Crippen LogP contribution in [0.25, 0.3) is 0 Å². The number of anilines is 1. The number of amides is 2. The maximum Gasteiger partial charge on any atom is 0.274 e. The van der Waals surface area contributed by atoms with Gasteiger partial charge in [-0.15, -0.1) is 0 Å². The minimum Gasteiger partial charge on any atom is -0.349 e. The Morgan fingerprint density at radius 1 is 1.08 bits per heavy atom. The summed E-state index contributed by atoms with van der Waals surface area (Å²) in [5, 5.41) is 5.51. The third-order valence-corrected chi connectivity index (χ3v) is 4.66. The number of hydrogen-bond donors (Lipinski definition) is 2. The van der Waals surface area contributed by atoms with Crippen LogP contribution in [0, 0.1) is 5.82 Å². The molecule has 0 atom stereocenters. The quantitative estimate of drug-likeness (QED) is 0.841. The van der Waals surface area contributed by atoms with E-state index in [0.29, 0.717) is 11.3 Å². The van der Waals surface area contributed by atoms with Crippen molar-refractivity contribution in [3.63, 3.8) is 0 Å². The van der Waals surface area contributed by atoms with E-state index in [-0.39, 0.29) is 22.7 Å². The zero-order valence-corrected chi connectivity index (χ0v) is 14.9. The highest BCUT2D eigenvalue weighted by atomic mass is 35.5. The molecular formula is C19H19ClFN3O2. The minimum absolute atomic E-state index is 0.0867. The SMILES string of the molecule is O=C(NC1CCCCC1)c1ccnc(C(=O)Nc2ccc(F)c(Cl)c2)c1. The number of carbonyl (C=O) groups is 2. The van der Waals surface area contributed by atoms with Gasteiger partial charge in [-0.2, -0.15) is 0 Å². The molecule has 5 nitrogen and oxygen atoms in total. The normalized spacial score (nSPS) is 14.7. The fourth-order valence-electron chi connectivity index (χ4n) is 2.98. The van der Waals surface area contributed by atoms with Crippen molar-refractivity contribution in [1.29, 1.82) is 0 Å². The second-order valence-corrected chi connectivity index (χ2v) is 6.73. The molecule has 0 bridgehead atoms. The number of carbonyl (C=O) groups excluding carboxylic acids is 2. The molecule has 3 rings (SSSR count). The summed E-state index contributed by atoms with van der Waals surface area (Å²) in [6.45, 7) is 0. The van der Waals surface area contributed by atoms with E-state index in [1.165, 1.54) is 36.9 Å². The van der Waals surface area contributed by atoms with E-state index in [1.807, 2.05) is 0 Å². The molecule has 7 heteroatoms. The summed E-state index contributed by atoms with van der Waals surface area (Å²) < 4.78 is 13.2. The molecule has 1 heterocycles. The lowest BCUT2D eigenvalue weighted by atomic mass is 9.95. The molecule has 136 valence electrons. The van der Waals surface area contributed by atoms with E-state index in [2.05, 4.69) is 15.6 Å². The number of aromatic nitrogens is 1. The lowest BCUT2D eigenvalue weighted by Crippen LogP contribution is -2.36. The standard InChI is InChI=1S/C19H19ClFN3O2/c20-15-11-14(6-7-16(15)21)24-19(26)17-10-12(8-9-22-17)18(25)23-13-4-2-1-3-5-13/h6-11,13H,1-5H2,(H,23,25)(H,24,26). The van der Waals surface area contributed by atoms with E-state index in [0.717, 1.165) is 25.7 Å². The average Bonchev–Trinajstić information content (AvgIpc) is 2.65. The van der Waals surface area contributed by atoms with Crippen molar-refractivity contribution in [3.8, 4) is 0 Å². The van der Waals surface area contributed by atoms with Crippen LogP contribution in [0.1, 0.15) is 53.0 Å². The molecule has 1 aromatic carbocycles. The van der Waals surface area contributed by atoms with E-state index >= 15 is 0 Å². The summed E-state index contributed by atoms with van der Waals surface area (Å²) in [6, 6.07) is 7.08. The van der Waals surface area contributed by atoms with E-state index < -0.39 is 11.7 Å². The monoisotopic (exact) mass is 375 g/mol. The first-order valence-corrected chi connectivity index (χ1v) is 8.94. The van der Waals surface area contributed by atoms with Gasteiger partial charge in [0.15, 0.2) is 0 Å². The Morgan fingerprint density at radius 3 is 2.58 bits per heavy atom. The molecule has 0 aliphatic heterocycles. The van der Waals surface area contributed by atoms with Gasteiger partial charge >= 0.3 is 0 Å². The van der Waals surface area contributed by atoms with Crippen LogP contribution in [-0.2, 0) is 0 Å². The van der Waals surface area contributed by atoms with Gasteiger partial charge in [-0.25, -0.2) is 4.39 Å². The molecule has 1 aliphatic carbocycles. The first-order chi connectivity index (χ1) is 12.5. The lowest BCUT2D eigenvalue weighted by molar-refractivity contribution is 0.0927. The number of rotatable bonds is 4. The second-order valence-electron chi connectivity index (χ2n) is 6.32. The van der Waals surface area contributed by atoms with Crippen LogP contribution in [0.15, 0.2) is 36.5 Å². The number of pyridine rings is 1. The van der Waals surface area contributed by atoms with Crippen LogP contribution in [0.2, 0.25) is 5.02 Å². The molecule has 26 heavy (non-hydrogen) atoms. The molecule has 2 amide bonds. The minimum atomic E-state index is -0.566. The maximum absolute atomic E-state index is 13.2. The van der Waals surface area contributed by atoms with E-state index in [1.54, 1.807) is 6.07 Å². The number of hydrogen-bond acceptors (Lipinski definition) is 3. The van der Waals surface area contributed by atoms with Gasteiger partial charge in [0, 0.05) is 23.5 Å². The molecule has 1 aromatic heterocycles. The fourth-order valence-corrected chi connectivity index (χ4v) is 3.16. The van der Waals surface area contributed by atoms with Gasteiger partial charge in [0.2, 0.25) is 0 Å². The van der Waals surface area contributed by atoms with Crippen LogP contribution >= 0.6 is 11.6 Å². The Bertz CT molecular complexity index is 822. The summed E-state index contributed by atoms with van der Waals surface area (Å²) >= 11 is 5.71. The molecule has 2 aromatic rings. The van der Waals surface area contributed by atoms with Gasteiger partial charge < -0.3 is 10.6 Å². The third-order valence-electron chi connectivity index (χ3n) is 4.37. The van der Waals surface area contributed by atoms with E-state index in [4.69, 9.17) is 11.6 Å². The number of halogens is 2. The number of benzene rings is 1. The van der Waals surface area contributed by atoms with Crippen LogP contribution in [0.3, 0.4) is 0 Å². The molecule has 1 aliphatic rings. The largest absolute Gasteiger partial charge is 0.349 e. The molecule has 0 spiro atoms. The Hall–Kier alpha value is -2.47. The van der Waals surface area contributed by atoms with Crippen molar-refractivity contribution in [3.05, 3.63) is 58.6 Å². The van der Waals surface area contributed by atoms with Crippen molar-refractivity contribution in [2.75, 3.05) is 5.32 Å². The van der Waals surface area contributed by atoms with Crippen LogP contribution in [-0.4, -0.2) is 22.8 Å². The Morgan fingerprint density at radius 2 is 1.85 bits per heavy atom. The average molecular weight is 376 g/mol. The second kappa shape index (κ2) is 8.27. The Balaban J connectivity index is 1.68. The summed E-state index contributed by atoms with van der Waals surface area (Å²) in [5.74, 6) is -1.28. The van der Waals surface area contributed by atoms with Crippen LogP contribution in [0.4, 0.5) is 10.1 Å². The number of nitrogens with zero attached hydrogens (tertiary/aromatic N) is 1. The predicted molar refractivity (Wildman–Crippen MR) is 97.9 cm³/mol. The lowest BCUT2D eigenvalue weighted by Gasteiger charge is -2.22. The van der Waals surface area contributed by atoms with Crippen molar-refractivity contribution >= 4 is 29.1 Å². The Labute approximate surface area is 156 Å². The highest BCUT2D eigenvalue weighted by Crippen LogP contribution is 2.20. The number of nitrogens with one attached hydrogen (secondary N) is 2. The fraction of sp³-hybridized carbons (Fsp3) is 0.316. The predicted octanol–water partition coefficient (Wildman–Crippen LogP) is 4.19. The maximum atomic E-state index is 13.2. The van der Waals surface area contributed by atoms with Gasteiger partial charge in [-0.1, -0.05) is 30.9 Å². The first-order valence-electron chi connectivity index (χ1n) is 8.56. The van der Waals surface area contributed by atoms with Gasteiger partial charge in [0.1, 0.15) is 11.5 Å². The van der Waals surface area contributed by atoms with Crippen molar-refractivity contribution in [1.82, 2.24) is 10.3 Å². The van der Waals surface area contributed by atoms with Gasteiger partial charge in [-0.05, 0) is 43.2 Å². The summed E-state index contributed by atoms with van der Waals surface area (Å²) in [5.41, 5.74) is 0.829. The van der Waals surface area contributed by atoms with Crippen molar-refractivity contribution < 1.29 is 14.0 Å². The third kappa shape index (κ3) is 4.58. The van der Waals surface area contributed by atoms with Crippen molar-refractivity contribution in [2.45, 2.75) is 38.1 Å². The van der Waals surface area contributed by atoms with Gasteiger partial charge in [0.05, 0.1) is 5.02 Å². The van der Waals surface area contributed by atoms with Crippen molar-refractivity contribution in [2.24, 2.45) is 0 Å². The zero-order chi connectivity index (χ0) is 18.5. The summed E-state index contributed by atoms with van der Waals surface area (Å²) in [4.78, 5) is 28.7. The highest BCUT2D eigenvalue weighted by molar-refractivity contribution is 6.31. The van der Waals surface area contributed by atoms with E-state index in [9.17, 15) is 14.0 Å². The van der Waals surface area contributed by atoms with Crippen LogP contribution < -0.4 is 10.6 Å². The molecule has 1 fully saturated rings. The summed E-state index contributed by atoms with van der Waals surface area (Å²) in [7, 11) is 0. The van der Waals surface area contributed by atoms with Crippen LogP contribution in [0.5, 0.6) is 0 Å². The summed E-state index contributed by atoms with van der Waals surface area (Å²) in [6.07, 6.45) is 6.83. The molecule has 2 N–H and O–H groups in total. The molecule has 0 radical (unpaired) electrons. The zero-order valence-electron chi connectivity index (χ0n) is 14.1. The molecule has 0 unspecified atom stereocenters. The topological polar surface area (TPSA) is 71.1 Å². The molecular weight excluding hydrogens is 357 g/mol. The van der Waals surface area contributed by atoms with Gasteiger partial charge in [-0.3, -0.25) is 14.6 Å². The molecule has 1 saturated carbocycles. The highest BCUT2D eigenvalue weighted by Gasteiger charge is 2.18. The first kappa shape index (κ1) is 18.3. The smallest absolute Gasteiger partial charge is 0.274 e. The Kier molecular flexibility index (Phi) is 5.83. The molecule has 0 saturated heterocycles. The van der Waals surface area contributed by atoms with Gasteiger partial charge in [0.25, 0.3) is 11.8 Å².